The number of nitrogens with one attached hydrogen (secondary N) is 1. The zero-order valence-electron chi connectivity index (χ0n) is 14.8. The van der Waals surface area contributed by atoms with Gasteiger partial charge >= 0.3 is 7.12 Å². The molecule has 128 valence electrons. The highest BCUT2D eigenvalue weighted by Crippen LogP contribution is 2.36. The normalized spacial score (nSPS) is 25.3. The van der Waals surface area contributed by atoms with E-state index in [4.69, 9.17) is 14.0 Å². The molecule has 3 heterocycles. The van der Waals surface area contributed by atoms with Crippen LogP contribution in [0.5, 0.6) is 5.88 Å². The Morgan fingerprint density at radius 1 is 1.33 bits per heavy atom. The summed E-state index contributed by atoms with van der Waals surface area (Å²) in [6.07, 6.45) is 3.77. The summed E-state index contributed by atoms with van der Waals surface area (Å²) < 4.78 is 17.9. The van der Waals surface area contributed by atoms with Crippen LogP contribution in [0.4, 0.5) is 0 Å². The molecule has 0 radical (unpaired) electrons. The van der Waals surface area contributed by atoms with E-state index >= 15 is 0 Å². The van der Waals surface area contributed by atoms with Crippen LogP contribution in [-0.2, 0) is 9.31 Å². The molecule has 0 spiro atoms. The average Bonchev–Trinajstić information content (AvgIpc) is 2.77. The van der Waals surface area contributed by atoms with Crippen molar-refractivity contribution in [3.8, 4) is 11.9 Å². The van der Waals surface area contributed by atoms with E-state index in [0.717, 1.165) is 31.4 Å². The molecule has 2 aliphatic heterocycles. The minimum Gasteiger partial charge on any atom is -0.472 e. The van der Waals surface area contributed by atoms with Gasteiger partial charge in [-0.2, -0.15) is 5.26 Å². The number of hydrogen-bond acceptors (Lipinski definition) is 6. The molecule has 2 aliphatic rings. The van der Waals surface area contributed by atoms with Crippen molar-refractivity contribution >= 4 is 12.6 Å². The smallest absolute Gasteiger partial charge is 0.472 e. The van der Waals surface area contributed by atoms with Crippen molar-refractivity contribution in [1.29, 1.82) is 5.26 Å². The van der Waals surface area contributed by atoms with Crippen molar-refractivity contribution in [2.45, 2.75) is 57.8 Å². The summed E-state index contributed by atoms with van der Waals surface area (Å²) in [5.41, 5.74) is 0.299. The van der Waals surface area contributed by atoms with Gasteiger partial charge in [-0.15, -0.1) is 0 Å². The fourth-order valence-corrected chi connectivity index (χ4v) is 2.83. The summed E-state index contributed by atoms with van der Waals surface area (Å²) >= 11 is 0. The van der Waals surface area contributed by atoms with Gasteiger partial charge in [0, 0.05) is 18.2 Å². The van der Waals surface area contributed by atoms with Gasteiger partial charge in [-0.05, 0) is 53.1 Å². The van der Waals surface area contributed by atoms with E-state index in [2.05, 4.69) is 16.4 Å². The van der Waals surface area contributed by atoms with Crippen molar-refractivity contribution < 1.29 is 14.0 Å². The summed E-state index contributed by atoms with van der Waals surface area (Å²) in [5.74, 6) is 0.381. The van der Waals surface area contributed by atoms with Crippen molar-refractivity contribution in [2.75, 3.05) is 13.1 Å². The molecule has 1 N–H and O–H groups in total. The first-order valence-electron chi connectivity index (χ1n) is 8.45. The second-order valence-electron chi connectivity index (χ2n) is 7.41. The molecule has 0 bridgehead atoms. The number of hydrogen-bond donors (Lipinski definition) is 1. The Labute approximate surface area is 143 Å². The molecule has 1 aromatic rings. The molecule has 0 aliphatic carbocycles. The second-order valence-corrected chi connectivity index (χ2v) is 7.41. The SMILES string of the molecule is CC1(C)OB(c2cnc(O[C@@H]3CCCNC3)c(C#N)c2)OC1(C)C. The highest BCUT2D eigenvalue weighted by Gasteiger charge is 2.51. The molecular formula is C17H24BN3O3. The molecule has 6 nitrogen and oxygen atoms in total. The molecule has 0 amide bonds. The fourth-order valence-electron chi connectivity index (χ4n) is 2.83. The van der Waals surface area contributed by atoms with Gasteiger partial charge in [-0.3, -0.25) is 0 Å². The highest BCUT2D eigenvalue weighted by atomic mass is 16.7. The third-order valence-corrected chi connectivity index (χ3v) is 5.05. The third kappa shape index (κ3) is 3.27. The van der Waals surface area contributed by atoms with Gasteiger partial charge < -0.3 is 19.4 Å². The van der Waals surface area contributed by atoms with Crippen LogP contribution in [0, 0.1) is 11.3 Å². The fraction of sp³-hybridized carbons (Fsp3) is 0.647. The Kier molecular flexibility index (Phi) is 4.56. The van der Waals surface area contributed by atoms with Gasteiger partial charge in [-0.25, -0.2) is 4.98 Å². The van der Waals surface area contributed by atoms with E-state index in [0.29, 0.717) is 11.4 Å². The first-order valence-corrected chi connectivity index (χ1v) is 8.45. The number of pyridine rings is 1. The summed E-state index contributed by atoms with van der Waals surface area (Å²) in [6, 6.07) is 3.92. The molecule has 0 aromatic carbocycles. The minimum atomic E-state index is -0.528. The largest absolute Gasteiger partial charge is 0.496 e. The second kappa shape index (κ2) is 6.36. The van der Waals surface area contributed by atoms with E-state index < -0.39 is 18.3 Å². The van der Waals surface area contributed by atoms with E-state index in [1.807, 2.05) is 27.7 Å². The monoisotopic (exact) mass is 329 g/mol. The standard InChI is InChI=1S/C17H24BN3O3/c1-16(2)17(3,4)24-18(23-16)13-8-12(9-19)15(21-10-13)22-14-6-5-7-20-11-14/h8,10,14,20H,5-7,11H2,1-4H3/t14-/m1/s1. The van der Waals surface area contributed by atoms with Crippen LogP contribution in [0.25, 0.3) is 0 Å². The Morgan fingerprint density at radius 2 is 2.04 bits per heavy atom. The number of aromatic nitrogens is 1. The molecule has 7 heteroatoms. The molecule has 24 heavy (non-hydrogen) atoms. The Balaban J connectivity index is 1.78. The zero-order chi connectivity index (χ0) is 17.4. The Bertz CT molecular complexity index is 635. The predicted octanol–water partition coefficient (Wildman–Crippen LogP) is 1.38. The lowest BCUT2D eigenvalue weighted by molar-refractivity contribution is 0.00578. The molecule has 2 fully saturated rings. The predicted molar refractivity (Wildman–Crippen MR) is 91.2 cm³/mol. The topological polar surface area (TPSA) is 76.4 Å². The van der Waals surface area contributed by atoms with E-state index in [1.54, 1.807) is 12.3 Å². The average molecular weight is 329 g/mol. The van der Waals surface area contributed by atoms with E-state index in [9.17, 15) is 5.26 Å². The molecule has 3 rings (SSSR count). The van der Waals surface area contributed by atoms with Crippen molar-refractivity contribution in [2.24, 2.45) is 0 Å². The molecule has 2 saturated heterocycles. The van der Waals surface area contributed by atoms with Gasteiger partial charge in [0.25, 0.3) is 0 Å². The molecule has 0 unspecified atom stereocenters. The summed E-state index contributed by atoms with van der Waals surface area (Å²) in [7, 11) is -0.528. The van der Waals surface area contributed by atoms with Crippen LogP contribution in [0.1, 0.15) is 46.1 Å². The first kappa shape index (κ1) is 17.2. The van der Waals surface area contributed by atoms with Crippen molar-refractivity contribution in [3.05, 3.63) is 17.8 Å². The van der Waals surface area contributed by atoms with Crippen LogP contribution in [0.2, 0.25) is 0 Å². The van der Waals surface area contributed by atoms with Gasteiger partial charge in [0.1, 0.15) is 17.7 Å². The maximum atomic E-state index is 9.45. The van der Waals surface area contributed by atoms with Crippen LogP contribution in [0.15, 0.2) is 12.3 Å². The van der Waals surface area contributed by atoms with Crippen LogP contribution in [0.3, 0.4) is 0 Å². The molecule has 1 atom stereocenters. The molecule has 1 aromatic heterocycles. The Hall–Kier alpha value is -1.62. The van der Waals surface area contributed by atoms with Gasteiger partial charge in [0.2, 0.25) is 5.88 Å². The lowest BCUT2D eigenvalue weighted by Crippen LogP contribution is -2.41. The summed E-state index contributed by atoms with van der Waals surface area (Å²) in [4.78, 5) is 4.35. The quantitative estimate of drug-likeness (QED) is 0.845. The van der Waals surface area contributed by atoms with Crippen LogP contribution in [-0.4, -0.2) is 42.5 Å². The number of ether oxygens (including phenoxy) is 1. The van der Waals surface area contributed by atoms with Gasteiger partial charge in [-0.1, -0.05) is 0 Å². The van der Waals surface area contributed by atoms with Crippen LogP contribution < -0.4 is 15.5 Å². The molecular weight excluding hydrogens is 305 g/mol. The van der Waals surface area contributed by atoms with Gasteiger partial charge in [0.05, 0.1) is 11.2 Å². The summed E-state index contributed by atoms with van der Waals surface area (Å²) in [5, 5.41) is 12.7. The van der Waals surface area contributed by atoms with Crippen LogP contribution >= 0.6 is 0 Å². The Morgan fingerprint density at radius 3 is 2.62 bits per heavy atom. The molecule has 0 saturated carbocycles. The van der Waals surface area contributed by atoms with E-state index in [-0.39, 0.29) is 6.10 Å². The minimum absolute atomic E-state index is 0.0565. The maximum Gasteiger partial charge on any atom is 0.496 e. The van der Waals surface area contributed by atoms with Gasteiger partial charge in [0.15, 0.2) is 0 Å². The number of nitrogens with zero attached hydrogens (tertiary/aromatic N) is 2. The van der Waals surface area contributed by atoms with E-state index in [1.165, 1.54) is 0 Å². The lowest BCUT2D eigenvalue weighted by atomic mass is 9.80. The zero-order valence-corrected chi connectivity index (χ0v) is 14.8. The number of piperidine rings is 1. The third-order valence-electron chi connectivity index (χ3n) is 5.05. The number of rotatable bonds is 3. The summed E-state index contributed by atoms with van der Waals surface area (Å²) in [6.45, 7) is 9.79. The highest BCUT2D eigenvalue weighted by molar-refractivity contribution is 6.62. The maximum absolute atomic E-state index is 9.45. The van der Waals surface area contributed by atoms with Crippen molar-refractivity contribution in [3.63, 3.8) is 0 Å². The lowest BCUT2D eigenvalue weighted by Gasteiger charge is -2.32. The first-order chi connectivity index (χ1) is 11.3. The number of nitriles is 1. The van der Waals surface area contributed by atoms with Crippen molar-refractivity contribution in [1.82, 2.24) is 10.3 Å².